The van der Waals surface area contributed by atoms with Gasteiger partial charge in [-0.15, -0.1) is 0 Å². The highest BCUT2D eigenvalue weighted by atomic mass is 32.2. The summed E-state index contributed by atoms with van der Waals surface area (Å²) in [5.41, 5.74) is 0. The number of rotatable bonds is 3. The smallest absolute Gasteiger partial charge is 0.0167 e. The lowest BCUT2D eigenvalue weighted by molar-refractivity contribution is 0.151. The number of piperazine rings is 1. The fourth-order valence-corrected chi connectivity index (χ4v) is 4.06. The molecule has 0 bridgehead atoms. The maximum Gasteiger partial charge on any atom is 0.0167 e. The fourth-order valence-electron chi connectivity index (χ4n) is 2.93. The Morgan fingerprint density at radius 3 is 3.00 bits per heavy atom. The third-order valence-corrected chi connectivity index (χ3v) is 4.91. The third-order valence-electron chi connectivity index (χ3n) is 3.68. The summed E-state index contributed by atoms with van der Waals surface area (Å²) in [5.74, 6) is 1.29. The number of hydrogen-bond acceptors (Lipinski definition) is 3. The van der Waals surface area contributed by atoms with Crippen molar-refractivity contribution in [3.63, 3.8) is 0 Å². The van der Waals surface area contributed by atoms with E-state index in [1.54, 1.807) is 0 Å². The molecular weight excluding hydrogens is 204 g/mol. The monoisotopic (exact) mass is 228 g/mol. The van der Waals surface area contributed by atoms with Crippen molar-refractivity contribution in [3.05, 3.63) is 0 Å². The average molecular weight is 228 g/mol. The zero-order valence-corrected chi connectivity index (χ0v) is 10.9. The first-order chi connectivity index (χ1) is 7.29. The largest absolute Gasteiger partial charge is 0.312 e. The van der Waals surface area contributed by atoms with Gasteiger partial charge in [0.2, 0.25) is 0 Å². The molecule has 0 amide bonds. The highest BCUT2D eigenvalue weighted by Crippen LogP contribution is 2.32. The molecule has 0 spiro atoms. The fraction of sp³-hybridized carbons (Fsp3) is 1.00. The van der Waals surface area contributed by atoms with E-state index in [9.17, 15) is 0 Å². The molecule has 88 valence electrons. The van der Waals surface area contributed by atoms with Crippen LogP contribution in [0.15, 0.2) is 0 Å². The second kappa shape index (κ2) is 5.55. The minimum Gasteiger partial charge on any atom is -0.312 e. The summed E-state index contributed by atoms with van der Waals surface area (Å²) in [7, 11) is 0. The summed E-state index contributed by atoms with van der Waals surface area (Å²) in [5, 5.41) is 4.47. The van der Waals surface area contributed by atoms with Gasteiger partial charge in [0.1, 0.15) is 0 Å². The van der Waals surface area contributed by atoms with E-state index < -0.39 is 0 Å². The van der Waals surface area contributed by atoms with E-state index in [1.807, 2.05) is 0 Å². The molecule has 1 heterocycles. The third kappa shape index (κ3) is 3.11. The van der Waals surface area contributed by atoms with Crippen LogP contribution in [0.3, 0.4) is 0 Å². The Morgan fingerprint density at radius 2 is 2.27 bits per heavy atom. The Morgan fingerprint density at radius 1 is 1.40 bits per heavy atom. The molecule has 0 aromatic heterocycles. The summed E-state index contributed by atoms with van der Waals surface area (Å²) in [6, 6.07) is 1.58. The Labute approximate surface area is 98.2 Å². The van der Waals surface area contributed by atoms with Gasteiger partial charge in [-0.05, 0) is 31.9 Å². The molecule has 2 aliphatic rings. The van der Waals surface area contributed by atoms with Gasteiger partial charge in [-0.25, -0.2) is 0 Å². The molecule has 0 radical (unpaired) electrons. The zero-order valence-electron chi connectivity index (χ0n) is 10.0. The van der Waals surface area contributed by atoms with Crippen LogP contribution in [0.4, 0.5) is 0 Å². The molecule has 2 rings (SSSR count). The second-order valence-electron chi connectivity index (χ2n) is 4.89. The Balaban J connectivity index is 1.79. The molecule has 15 heavy (non-hydrogen) atoms. The van der Waals surface area contributed by atoms with Crippen LogP contribution < -0.4 is 5.32 Å². The molecule has 2 nitrogen and oxygen atoms in total. The van der Waals surface area contributed by atoms with Gasteiger partial charge in [0.25, 0.3) is 0 Å². The normalized spacial score (nSPS) is 38.4. The molecule has 1 N–H and O–H groups in total. The van der Waals surface area contributed by atoms with Crippen molar-refractivity contribution >= 4 is 11.8 Å². The maximum atomic E-state index is 3.52. The summed E-state index contributed by atoms with van der Waals surface area (Å²) >= 11 is 2.17. The number of nitrogens with one attached hydrogen (secondary N) is 1. The van der Waals surface area contributed by atoms with E-state index in [0.717, 1.165) is 11.3 Å². The van der Waals surface area contributed by atoms with Gasteiger partial charge in [-0.1, -0.05) is 6.92 Å². The number of thioether (sulfide) groups is 1. The van der Waals surface area contributed by atoms with Crippen molar-refractivity contribution in [3.8, 4) is 0 Å². The van der Waals surface area contributed by atoms with E-state index in [1.165, 1.54) is 44.6 Å². The topological polar surface area (TPSA) is 15.3 Å². The van der Waals surface area contributed by atoms with Crippen LogP contribution in [-0.2, 0) is 0 Å². The Hall–Kier alpha value is 0.270. The van der Waals surface area contributed by atoms with Crippen molar-refractivity contribution in [2.75, 3.05) is 25.4 Å². The van der Waals surface area contributed by atoms with Crippen molar-refractivity contribution in [1.29, 1.82) is 0 Å². The summed E-state index contributed by atoms with van der Waals surface area (Å²) in [6.07, 6.45) is 4.32. The zero-order chi connectivity index (χ0) is 10.7. The minimum atomic E-state index is 0.691. The highest BCUT2D eigenvalue weighted by molar-refractivity contribution is 7.99. The molecule has 1 aliphatic heterocycles. The quantitative estimate of drug-likeness (QED) is 0.795. The van der Waals surface area contributed by atoms with Crippen LogP contribution in [0, 0.1) is 0 Å². The number of hydrogen-bond donors (Lipinski definition) is 1. The summed E-state index contributed by atoms with van der Waals surface area (Å²) in [6.45, 7) is 8.29. The molecule has 1 saturated carbocycles. The molecular formula is C12H24N2S. The number of nitrogens with zero attached hydrogens (tertiary/aromatic N) is 1. The van der Waals surface area contributed by atoms with Crippen LogP contribution in [0.5, 0.6) is 0 Å². The highest BCUT2D eigenvalue weighted by Gasteiger charge is 2.30. The van der Waals surface area contributed by atoms with Crippen LogP contribution in [0.1, 0.15) is 33.1 Å². The Kier molecular flexibility index (Phi) is 4.35. The molecule has 3 heteroatoms. The molecule has 1 aliphatic carbocycles. The molecule has 2 fully saturated rings. The van der Waals surface area contributed by atoms with Gasteiger partial charge in [-0.2, -0.15) is 11.8 Å². The van der Waals surface area contributed by atoms with Gasteiger partial charge in [0.15, 0.2) is 0 Å². The lowest BCUT2D eigenvalue weighted by atomic mass is 10.1. The Bertz CT molecular complexity index is 198. The van der Waals surface area contributed by atoms with Gasteiger partial charge in [0, 0.05) is 37.0 Å². The molecule has 3 atom stereocenters. The molecule has 3 unspecified atom stereocenters. The van der Waals surface area contributed by atoms with E-state index in [4.69, 9.17) is 0 Å². The SMILES string of the molecule is CCSC1CCC(N2CCNC(C)C2)C1. The lowest BCUT2D eigenvalue weighted by Crippen LogP contribution is -2.52. The predicted molar refractivity (Wildman–Crippen MR) is 68.6 cm³/mol. The van der Waals surface area contributed by atoms with Crippen LogP contribution in [-0.4, -0.2) is 47.6 Å². The summed E-state index contributed by atoms with van der Waals surface area (Å²) in [4.78, 5) is 2.72. The lowest BCUT2D eigenvalue weighted by Gasteiger charge is -2.36. The summed E-state index contributed by atoms with van der Waals surface area (Å²) < 4.78 is 0. The maximum absolute atomic E-state index is 3.52. The van der Waals surface area contributed by atoms with Crippen LogP contribution in [0.2, 0.25) is 0 Å². The molecule has 0 aromatic rings. The van der Waals surface area contributed by atoms with Gasteiger partial charge in [0.05, 0.1) is 0 Å². The standard InChI is InChI=1S/C12H24N2S/c1-3-15-12-5-4-11(8-12)14-7-6-13-10(2)9-14/h10-13H,3-9H2,1-2H3. The average Bonchev–Trinajstić information content (AvgIpc) is 2.67. The first-order valence-corrected chi connectivity index (χ1v) is 7.43. The predicted octanol–water partition coefficient (Wildman–Crippen LogP) is 1.95. The van der Waals surface area contributed by atoms with E-state index >= 15 is 0 Å². The first-order valence-electron chi connectivity index (χ1n) is 6.38. The van der Waals surface area contributed by atoms with Crippen LogP contribution >= 0.6 is 11.8 Å². The van der Waals surface area contributed by atoms with E-state index in [2.05, 4.69) is 35.8 Å². The van der Waals surface area contributed by atoms with E-state index in [-0.39, 0.29) is 0 Å². The van der Waals surface area contributed by atoms with Gasteiger partial charge >= 0.3 is 0 Å². The van der Waals surface area contributed by atoms with Crippen molar-refractivity contribution in [1.82, 2.24) is 10.2 Å². The molecule has 1 saturated heterocycles. The van der Waals surface area contributed by atoms with E-state index in [0.29, 0.717) is 6.04 Å². The van der Waals surface area contributed by atoms with Gasteiger partial charge in [-0.3, -0.25) is 4.90 Å². The van der Waals surface area contributed by atoms with Crippen molar-refractivity contribution in [2.24, 2.45) is 0 Å². The van der Waals surface area contributed by atoms with Crippen molar-refractivity contribution < 1.29 is 0 Å². The van der Waals surface area contributed by atoms with Gasteiger partial charge < -0.3 is 5.32 Å². The molecule has 0 aromatic carbocycles. The van der Waals surface area contributed by atoms with Crippen LogP contribution in [0.25, 0.3) is 0 Å². The first kappa shape index (κ1) is 11.7. The minimum absolute atomic E-state index is 0.691. The van der Waals surface area contributed by atoms with Crippen molar-refractivity contribution in [2.45, 2.75) is 50.4 Å². The second-order valence-corrected chi connectivity index (χ2v) is 6.47.